The van der Waals surface area contributed by atoms with Crippen molar-refractivity contribution in [3.05, 3.63) is 168 Å². The minimum Gasteiger partial charge on any atom is -0.251 e. The second-order valence-electron chi connectivity index (χ2n) is 15.3. The number of nitrogens with zero attached hydrogens (tertiary/aromatic N) is 2. The number of pyridine rings is 2. The molecule has 0 radical (unpaired) electrons. The van der Waals surface area contributed by atoms with Crippen LogP contribution in [0.15, 0.2) is 146 Å². The first kappa shape index (κ1) is 34.2. The van der Waals surface area contributed by atoms with Gasteiger partial charge in [-0.2, -0.15) is 0 Å². The van der Waals surface area contributed by atoms with Gasteiger partial charge in [0.15, 0.2) is 0 Å². The second-order valence-corrected chi connectivity index (χ2v) is 20.0. The first-order valence-corrected chi connectivity index (χ1v) is 19.6. The molecule has 0 spiro atoms. The molecular formula is C46H46N2P2. The molecule has 0 saturated heterocycles. The first-order chi connectivity index (χ1) is 23.9. The van der Waals surface area contributed by atoms with Gasteiger partial charge in [-0.15, -0.1) is 9.24 Å². The van der Waals surface area contributed by atoms with Crippen molar-refractivity contribution < 1.29 is 0 Å². The average Bonchev–Trinajstić information content (AvgIpc) is 3.12. The van der Waals surface area contributed by atoms with Crippen molar-refractivity contribution in [2.24, 2.45) is 0 Å². The third-order valence-electron chi connectivity index (χ3n) is 9.79. The molecule has 7 aromatic rings. The highest BCUT2D eigenvalue weighted by Gasteiger charge is 2.40. The van der Waals surface area contributed by atoms with Crippen LogP contribution in [0.4, 0.5) is 0 Å². The zero-order valence-electron chi connectivity index (χ0n) is 30.0. The Morgan fingerprint density at radius 3 is 1.38 bits per heavy atom. The summed E-state index contributed by atoms with van der Waals surface area (Å²) >= 11 is 0. The standard InChI is InChI=1S/C46H46N2P2/c1-44(2,3)50(45(4,5)6)31-36-29-37(32-17-9-7-10-18-32)38(33-19-11-8-12-20-33)30-39(36)46(49,42-27-25-34-21-13-15-23-40(34)47-42)43-28-26-35-22-14-16-24-41(35)48-43/h7-30H,31,49H2,1-6H3. The van der Waals surface area contributed by atoms with Crippen molar-refractivity contribution in [2.45, 2.75) is 63.2 Å². The van der Waals surface area contributed by atoms with Crippen LogP contribution in [0.2, 0.25) is 0 Å². The number of hydrogen-bond donors (Lipinski definition) is 0. The summed E-state index contributed by atoms with van der Waals surface area (Å²) < 4.78 is 0. The van der Waals surface area contributed by atoms with Gasteiger partial charge in [0.05, 0.1) is 27.6 Å². The van der Waals surface area contributed by atoms with Crippen LogP contribution in [-0.4, -0.2) is 20.3 Å². The molecule has 0 aliphatic rings. The first-order valence-electron chi connectivity index (χ1n) is 17.5. The number of hydrogen-bond acceptors (Lipinski definition) is 2. The zero-order chi connectivity index (χ0) is 35.1. The van der Waals surface area contributed by atoms with Crippen molar-refractivity contribution in [1.82, 2.24) is 9.97 Å². The maximum atomic E-state index is 5.43. The summed E-state index contributed by atoms with van der Waals surface area (Å²) in [7, 11) is 2.83. The Morgan fingerprint density at radius 2 is 0.920 bits per heavy atom. The van der Waals surface area contributed by atoms with Gasteiger partial charge in [0.25, 0.3) is 0 Å². The highest BCUT2D eigenvalue weighted by molar-refractivity contribution is 7.60. The van der Waals surface area contributed by atoms with Gasteiger partial charge in [0, 0.05) is 10.8 Å². The Bertz CT molecular complexity index is 2190. The van der Waals surface area contributed by atoms with Crippen LogP contribution in [0.1, 0.15) is 64.1 Å². The van der Waals surface area contributed by atoms with Crippen molar-refractivity contribution in [3.8, 4) is 22.3 Å². The monoisotopic (exact) mass is 688 g/mol. The van der Waals surface area contributed by atoms with Crippen LogP contribution in [0.5, 0.6) is 0 Å². The average molecular weight is 689 g/mol. The Kier molecular flexibility index (Phi) is 9.23. The van der Waals surface area contributed by atoms with Gasteiger partial charge in [0.1, 0.15) is 0 Å². The van der Waals surface area contributed by atoms with Crippen molar-refractivity contribution >= 4 is 39.0 Å². The molecular weight excluding hydrogens is 642 g/mol. The van der Waals surface area contributed by atoms with Gasteiger partial charge < -0.3 is 0 Å². The summed E-state index contributed by atoms with van der Waals surface area (Å²) in [5.74, 6) is 0. The molecule has 7 rings (SSSR count). The zero-order valence-corrected chi connectivity index (χ0v) is 32.0. The van der Waals surface area contributed by atoms with E-state index in [0.29, 0.717) is 0 Å². The molecule has 0 saturated carbocycles. The minimum atomic E-state index is -0.737. The summed E-state index contributed by atoms with van der Waals surface area (Å²) in [6.07, 6.45) is 0.976. The van der Waals surface area contributed by atoms with Crippen molar-refractivity contribution in [1.29, 1.82) is 0 Å². The maximum absolute atomic E-state index is 5.43. The van der Waals surface area contributed by atoms with Gasteiger partial charge in [-0.3, -0.25) is 9.97 Å². The largest absolute Gasteiger partial charge is 0.251 e. The number of benzene rings is 5. The van der Waals surface area contributed by atoms with Crippen LogP contribution in [0.25, 0.3) is 44.1 Å². The third kappa shape index (κ3) is 6.65. The molecule has 0 aliphatic heterocycles. The Labute approximate surface area is 301 Å². The van der Waals surface area contributed by atoms with Gasteiger partial charge in [-0.25, -0.2) is 0 Å². The molecule has 1 unspecified atom stereocenters. The van der Waals surface area contributed by atoms with Gasteiger partial charge in [-0.1, -0.05) is 159 Å². The van der Waals surface area contributed by atoms with E-state index >= 15 is 0 Å². The lowest BCUT2D eigenvalue weighted by molar-refractivity contribution is 0.701. The van der Waals surface area contributed by atoms with Gasteiger partial charge in [0.2, 0.25) is 0 Å². The van der Waals surface area contributed by atoms with E-state index in [1.165, 1.54) is 33.4 Å². The van der Waals surface area contributed by atoms with Crippen LogP contribution in [0, 0.1) is 0 Å². The number of rotatable bonds is 7. The van der Waals surface area contributed by atoms with Gasteiger partial charge in [-0.05, 0) is 86.3 Å². The Morgan fingerprint density at radius 1 is 0.500 bits per heavy atom. The summed E-state index contributed by atoms with van der Waals surface area (Å²) in [6, 6.07) is 52.3. The molecule has 0 aliphatic carbocycles. The number of aromatic nitrogens is 2. The topological polar surface area (TPSA) is 25.8 Å². The lowest BCUT2D eigenvalue weighted by atomic mass is 9.82. The van der Waals surface area contributed by atoms with Crippen LogP contribution in [0.3, 0.4) is 0 Å². The number of fused-ring (bicyclic) bond motifs is 2. The van der Waals surface area contributed by atoms with Gasteiger partial charge >= 0.3 is 0 Å². The highest BCUT2D eigenvalue weighted by atomic mass is 31.1. The molecule has 2 nitrogen and oxygen atoms in total. The number of para-hydroxylation sites is 2. The van der Waals surface area contributed by atoms with Crippen LogP contribution in [-0.2, 0) is 11.3 Å². The molecule has 0 fully saturated rings. The maximum Gasteiger partial charge on any atom is 0.0936 e. The predicted octanol–water partition coefficient (Wildman–Crippen LogP) is 12.9. The van der Waals surface area contributed by atoms with E-state index < -0.39 is 13.1 Å². The van der Waals surface area contributed by atoms with Crippen LogP contribution < -0.4 is 0 Å². The molecule has 0 N–H and O–H groups in total. The molecule has 2 heterocycles. The summed E-state index contributed by atoms with van der Waals surface area (Å²) in [5.41, 5.74) is 11.3. The molecule has 1 atom stereocenters. The van der Waals surface area contributed by atoms with Crippen LogP contribution >= 0.6 is 17.2 Å². The second kappa shape index (κ2) is 13.5. The van der Waals surface area contributed by atoms with E-state index in [1.807, 2.05) is 0 Å². The van der Waals surface area contributed by atoms with E-state index in [9.17, 15) is 0 Å². The lowest BCUT2D eigenvalue weighted by Crippen LogP contribution is -2.29. The fraction of sp³-hybridized carbons (Fsp3) is 0.217. The fourth-order valence-electron chi connectivity index (χ4n) is 7.48. The normalized spacial score (nSPS) is 12.6. The Balaban J connectivity index is 1.61. The van der Waals surface area contributed by atoms with E-state index in [4.69, 9.17) is 9.97 Å². The van der Waals surface area contributed by atoms with E-state index in [0.717, 1.165) is 39.4 Å². The Hall–Kier alpha value is -4.22. The molecule has 250 valence electrons. The molecule has 4 heteroatoms. The summed E-state index contributed by atoms with van der Waals surface area (Å²) in [5, 5.41) is 1.80. The summed E-state index contributed by atoms with van der Waals surface area (Å²) in [4.78, 5) is 10.9. The predicted molar refractivity (Wildman–Crippen MR) is 221 cm³/mol. The van der Waals surface area contributed by atoms with E-state index in [1.54, 1.807) is 0 Å². The third-order valence-corrected chi connectivity index (χ3v) is 14.6. The molecule has 5 aromatic carbocycles. The van der Waals surface area contributed by atoms with Crippen molar-refractivity contribution in [3.63, 3.8) is 0 Å². The summed E-state index contributed by atoms with van der Waals surface area (Å²) in [6.45, 7) is 14.5. The van der Waals surface area contributed by atoms with Crippen molar-refractivity contribution in [2.75, 3.05) is 0 Å². The molecule has 2 aromatic heterocycles. The smallest absolute Gasteiger partial charge is 0.0936 e. The molecule has 0 amide bonds. The SMILES string of the molecule is CC(C)(C)P(Cc1cc(-c2ccccc2)c(-c2ccccc2)cc1C(P)(c1ccc2ccccc2n1)c1ccc2ccccc2n1)C(C)(C)C. The fourth-order valence-corrected chi connectivity index (χ4v) is 11.6. The minimum absolute atomic E-state index is 0.141. The molecule has 0 bridgehead atoms. The highest BCUT2D eigenvalue weighted by Crippen LogP contribution is 2.62. The quantitative estimate of drug-likeness (QED) is 0.156. The van der Waals surface area contributed by atoms with E-state index in [2.05, 4.69) is 196 Å². The lowest BCUT2D eigenvalue weighted by Gasteiger charge is -2.43. The molecule has 50 heavy (non-hydrogen) atoms. The van der Waals surface area contributed by atoms with E-state index in [-0.39, 0.29) is 10.3 Å².